The molecular formula is C34H41N7O6S. The lowest BCUT2D eigenvalue weighted by atomic mass is 10.0. The summed E-state index contributed by atoms with van der Waals surface area (Å²) >= 11 is 1.43. The first-order chi connectivity index (χ1) is 22.9. The van der Waals surface area contributed by atoms with Gasteiger partial charge >= 0.3 is 12.1 Å². The van der Waals surface area contributed by atoms with Crippen LogP contribution in [0.5, 0.6) is 0 Å². The van der Waals surface area contributed by atoms with E-state index in [0.717, 1.165) is 24.8 Å². The van der Waals surface area contributed by atoms with Crippen molar-refractivity contribution in [3.05, 3.63) is 54.1 Å². The van der Waals surface area contributed by atoms with Gasteiger partial charge in [-0.2, -0.15) is 9.90 Å². The fourth-order valence-electron chi connectivity index (χ4n) is 6.46. The topological polar surface area (TPSA) is 169 Å². The van der Waals surface area contributed by atoms with Crippen LogP contribution in [0.25, 0.3) is 22.0 Å². The lowest BCUT2D eigenvalue weighted by molar-refractivity contribution is -0.145. The molecule has 14 heteroatoms. The second-order valence-corrected chi connectivity index (χ2v) is 14.6. The fraction of sp³-hybridized carbons (Fsp3) is 0.500. The maximum atomic E-state index is 14.4. The number of nitrogens with zero attached hydrogens (tertiary/aromatic N) is 5. The largest absolute Gasteiger partial charge is 0.479 e. The van der Waals surface area contributed by atoms with E-state index >= 15 is 0 Å². The minimum Gasteiger partial charge on any atom is -0.479 e. The third-order valence-electron chi connectivity index (χ3n) is 8.97. The van der Waals surface area contributed by atoms with Gasteiger partial charge in [-0.3, -0.25) is 9.59 Å². The van der Waals surface area contributed by atoms with Gasteiger partial charge in [-0.15, -0.1) is 16.4 Å². The van der Waals surface area contributed by atoms with Gasteiger partial charge in [0, 0.05) is 36.0 Å². The highest BCUT2D eigenvalue weighted by Gasteiger charge is 2.61. The molecule has 2 aliphatic heterocycles. The standard InChI is InChI=1S/C34H41N7O6S/c1-33(2,3)47-32(46)36-24-15-11-6-4-5-10-14-22-19-34(22,31(44)45)37-28(42)25-18-23(20-40(25)30(24)43)41-38-26(21-12-8-7-9-13-21)27(39-41)29-35-16-17-48-29/h7-10,12-14,16-17,22-25H,4-6,11,15,18-20H2,1-3H3,(H,36,46)(H,37,42)(H,44,45)/b14-10-/t22-,23+,24-,25+,34+/m1/s1. The Bertz CT molecular complexity index is 1680. The second-order valence-electron chi connectivity index (χ2n) is 13.7. The van der Waals surface area contributed by atoms with E-state index in [-0.39, 0.29) is 25.3 Å². The van der Waals surface area contributed by atoms with E-state index in [4.69, 9.17) is 14.9 Å². The monoisotopic (exact) mass is 675 g/mol. The maximum absolute atomic E-state index is 14.4. The number of aliphatic carboxylic acids is 1. The molecular weight excluding hydrogens is 634 g/mol. The lowest BCUT2D eigenvalue weighted by Crippen LogP contribution is -2.56. The van der Waals surface area contributed by atoms with Crippen LogP contribution in [-0.4, -0.2) is 83.6 Å². The van der Waals surface area contributed by atoms with Gasteiger partial charge in [-0.1, -0.05) is 55.3 Å². The first-order valence-electron chi connectivity index (χ1n) is 16.4. The van der Waals surface area contributed by atoms with E-state index < -0.39 is 53.1 Å². The summed E-state index contributed by atoms with van der Waals surface area (Å²) in [6.07, 6.45) is 8.64. The highest BCUT2D eigenvalue weighted by Crippen LogP contribution is 2.45. The number of carbonyl (C=O) groups excluding carboxylic acids is 3. The highest BCUT2D eigenvalue weighted by atomic mass is 32.1. The number of ether oxygens (including phenoxy) is 1. The molecule has 1 saturated carbocycles. The molecule has 0 radical (unpaired) electrons. The Labute approximate surface area is 282 Å². The number of fused-ring (bicyclic) bond motifs is 2. The zero-order valence-electron chi connectivity index (χ0n) is 27.3. The number of hydrogen-bond acceptors (Lipinski definition) is 9. The summed E-state index contributed by atoms with van der Waals surface area (Å²) in [4.78, 5) is 61.2. The van der Waals surface area contributed by atoms with E-state index in [2.05, 4.69) is 15.6 Å². The zero-order chi connectivity index (χ0) is 34.1. The van der Waals surface area contributed by atoms with E-state index in [1.807, 2.05) is 47.9 Å². The second kappa shape index (κ2) is 13.5. The molecule has 1 aromatic carbocycles. The number of nitrogens with one attached hydrogen (secondary N) is 2. The molecule has 3 N–H and O–H groups in total. The van der Waals surface area contributed by atoms with Gasteiger partial charge < -0.3 is 25.4 Å². The Morgan fingerprint density at radius 1 is 1.10 bits per heavy atom. The van der Waals surface area contributed by atoms with Crippen molar-refractivity contribution in [2.24, 2.45) is 5.92 Å². The fourth-order valence-corrected chi connectivity index (χ4v) is 7.08. The number of alkyl carbamates (subject to hydrolysis) is 1. The van der Waals surface area contributed by atoms with Gasteiger partial charge in [0.05, 0.1) is 6.04 Å². The third-order valence-corrected chi connectivity index (χ3v) is 9.75. The minimum atomic E-state index is -1.43. The molecule has 5 atom stereocenters. The lowest BCUT2D eigenvalue weighted by Gasteiger charge is -2.30. The number of aromatic nitrogens is 4. The molecule has 2 aromatic heterocycles. The average Bonchev–Trinajstić information content (AvgIpc) is 3.50. The summed E-state index contributed by atoms with van der Waals surface area (Å²) in [7, 11) is 0. The van der Waals surface area contributed by atoms with Gasteiger partial charge in [0.15, 0.2) is 0 Å². The summed E-state index contributed by atoms with van der Waals surface area (Å²) in [6.45, 7) is 5.31. The predicted molar refractivity (Wildman–Crippen MR) is 178 cm³/mol. The number of carboxylic acid groups (broad SMARTS) is 1. The van der Waals surface area contributed by atoms with Crippen LogP contribution >= 0.6 is 11.3 Å². The molecule has 6 rings (SSSR count). The van der Waals surface area contributed by atoms with Crippen LogP contribution < -0.4 is 10.6 Å². The number of amides is 3. The van der Waals surface area contributed by atoms with E-state index in [1.165, 1.54) is 21.0 Å². The van der Waals surface area contributed by atoms with Crippen molar-refractivity contribution in [3.8, 4) is 22.0 Å². The summed E-state index contributed by atoms with van der Waals surface area (Å²) in [5.74, 6) is -2.45. The Morgan fingerprint density at radius 2 is 1.88 bits per heavy atom. The maximum Gasteiger partial charge on any atom is 0.408 e. The van der Waals surface area contributed by atoms with Crippen molar-refractivity contribution < 1.29 is 29.0 Å². The van der Waals surface area contributed by atoms with Crippen LogP contribution in [0.4, 0.5) is 4.79 Å². The number of carbonyl (C=O) groups is 4. The van der Waals surface area contributed by atoms with Crippen molar-refractivity contribution in [1.82, 2.24) is 35.5 Å². The Kier molecular flexibility index (Phi) is 9.37. The van der Waals surface area contributed by atoms with Gasteiger partial charge in [0.25, 0.3) is 0 Å². The van der Waals surface area contributed by atoms with Crippen LogP contribution in [0.2, 0.25) is 0 Å². The molecule has 3 aromatic rings. The number of carboxylic acids is 1. The number of hydrogen-bond donors (Lipinski definition) is 3. The molecule has 2 fully saturated rings. The molecule has 3 aliphatic rings. The first-order valence-corrected chi connectivity index (χ1v) is 17.3. The molecule has 3 amide bonds. The predicted octanol–water partition coefficient (Wildman–Crippen LogP) is 4.58. The van der Waals surface area contributed by atoms with Crippen LogP contribution in [0.15, 0.2) is 54.1 Å². The van der Waals surface area contributed by atoms with Crippen LogP contribution in [-0.2, 0) is 19.1 Å². The highest BCUT2D eigenvalue weighted by molar-refractivity contribution is 7.13. The number of thiazole rings is 1. The van der Waals surface area contributed by atoms with Crippen molar-refractivity contribution in [2.75, 3.05) is 6.54 Å². The Hall–Kier alpha value is -4.59. The van der Waals surface area contributed by atoms with Crippen LogP contribution in [0, 0.1) is 5.92 Å². The SMILES string of the molecule is CC(C)(C)OC(=O)N[C@@H]1CCCCC/C=C\[C@@H]2C[C@]2(C(=O)O)NC(=O)[C@@H]2C[C@H](n3nc(-c4ccccc4)c(-c4nccs4)n3)CN2C1=O. The van der Waals surface area contributed by atoms with Crippen LogP contribution in [0.1, 0.15) is 71.8 Å². The third kappa shape index (κ3) is 7.13. The first kappa shape index (κ1) is 33.3. The molecule has 1 aliphatic carbocycles. The molecule has 0 spiro atoms. The van der Waals surface area contributed by atoms with E-state index in [0.29, 0.717) is 29.2 Å². The summed E-state index contributed by atoms with van der Waals surface area (Å²) in [6, 6.07) is 7.10. The normalized spacial score (nSPS) is 27.1. The Balaban J connectivity index is 1.35. The average molecular weight is 676 g/mol. The van der Waals surface area contributed by atoms with E-state index in [1.54, 1.807) is 27.0 Å². The molecule has 1 saturated heterocycles. The quantitative estimate of drug-likeness (QED) is 0.328. The molecule has 48 heavy (non-hydrogen) atoms. The van der Waals surface area contributed by atoms with Gasteiger partial charge in [-0.25, -0.2) is 14.6 Å². The van der Waals surface area contributed by atoms with Crippen molar-refractivity contribution in [3.63, 3.8) is 0 Å². The van der Waals surface area contributed by atoms with E-state index in [9.17, 15) is 24.3 Å². The molecule has 4 heterocycles. The molecule has 254 valence electrons. The van der Waals surface area contributed by atoms with Gasteiger partial charge in [0.1, 0.15) is 39.6 Å². The summed E-state index contributed by atoms with van der Waals surface area (Å²) in [5, 5.41) is 28.0. The number of benzene rings is 1. The molecule has 0 bridgehead atoms. The van der Waals surface area contributed by atoms with Crippen molar-refractivity contribution >= 4 is 35.2 Å². The minimum absolute atomic E-state index is 0.0764. The van der Waals surface area contributed by atoms with Gasteiger partial charge in [0.2, 0.25) is 11.8 Å². The van der Waals surface area contributed by atoms with Crippen LogP contribution in [0.3, 0.4) is 0 Å². The Morgan fingerprint density at radius 3 is 2.58 bits per heavy atom. The summed E-state index contributed by atoms with van der Waals surface area (Å²) in [5.41, 5.74) is -0.166. The smallest absolute Gasteiger partial charge is 0.408 e. The number of rotatable bonds is 5. The zero-order valence-corrected chi connectivity index (χ0v) is 28.1. The van der Waals surface area contributed by atoms with Crippen molar-refractivity contribution in [2.45, 2.75) is 95.0 Å². The van der Waals surface area contributed by atoms with Gasteiger partial charge in [-0.05, 0) is 46.5 Å². The summed E-state index contributed by atoms with van der Waals surface area (Å²) < 4.78 is 5.49. The number of allylic oxidation sites excluding steroid dienone is 1. The molecule has 13 nitrogen and oxygen atoms in total. The van der Waals surface area contributed by atoms with Crippen molar-refractivity contribution in [1.29, 1.82) is 0 Å². The molecule has 0 unspecified atom stereocenters.